The summed E-state index contributed by atoms with van der Waals surface area (Å²) in [5, 5.41) is 13.0. The van der Waals surface area contributed by atoms with Crippen LogP contribution in [-0.2, 0) is 6.54 Å². The molecular formula is C14H25N3O. The first-order valence-corrected chi connectivity index (χ1v) is 7.07. The molecule has 18 heavy (non-hydrogen) atoms. The van der Waals surface area contributed by atoms with Crippen LogP contribution in [0.15, 0.2) is 12.5 Å². The van der Waals surface area contributed by atoms with E-state index in [4.69, 9.17) is 0 Å². The lowest BCUT2D eigenvalue weighted by atomic mass is 9.85. The SMILES string of the molecule is CC(C)n1cncc1CNC1CCCCC1CO. The van der Waals surface area contributed by atoms with E-state index in [2.05, 4.69) is 28.7 Å². The molecule has 1 heterocycles. The van der Waals surface area contributed by atoms with Crippen molar-refractivity contribution in [1.82, 2.24) is 14.9 Å². The van der Waals surface area contributed by atoms with Crippen LogP contribution in [0.4, 0.5) is 0 Å². The number of nitrogens with one attached hydrogen (secondary N) is 1. The van der Waals surface area contributed by atoms with Gasteiger partial charge in [-0.1, -0.05) is 12.8 Å². The van der Waals surface area contributed by atoms with Crippen molar-refractivity contribution in [2.75, 3.05) is 6.61 Å². The normalized spacial score (nSPS) is 24.7. The Morgan fingerprint density at radius 1 is 1.44 bits per heavy atom. The highest BCUT2D eigenvalue weighted by Crippen LogP contribution is 2.24. The maximum absolute atomic E-state index is 9.40. The van der Waals surface area contributed by atoms with Gasteiger partial charge in [0.15, 0.2) is 0 Å². The van der Waals surface area contributed by atoms with Crippen molar-refractivity contribution in [3.8, 4) is 0 Å². The van der Waals surface area contributed by atoms with Crippen molar-refractivity contribution < 1.29 is 5.11 Å². The first-order chi connectivity index (χ1) is 8.72. The summed E-state index contributed by atoms with van der Waals surface area (Å²) in [7, 11) is 0. The molecule has 1 saturated carbocycles. The molecule has 1 fully saturated rings. The number of aliphatic hydroxyl groups is 1. The molecule has 0 spiro atoms. The van der Waals surface area contributed by atoms with Gasteiger partial charge in [-0.25, -0.2) is 4.98 Å². The average Bonchev–Trinajstić information content (AvgIpc) is 2.85. The molecular weight excluding hydrogens is 226 g/mol. The highest BCUT2D eigenvalue weighted by atomic mass is 16.3. The van der Waals surface area contributed by atoms with Crippen LogP contribution in [0.1, 0.15) is 51.3 Å². The van der Waals surface area contributed by atoms with Gasteiger partial charge in [-0.05, 0) is 32.6 Å². The summed E-state index contributed by atoms with van der Waals surface area (Å²) in [6.45, 7) is 5.49. The quantitative estimate of drug-likeness (QED) is 0.842. The van der Waals surface area contributed by atoms with Crippen LogP contribution in [0, 0.1) is 5.92 Å². The Hall–Kier alpha value is -0.870. The minimum absolute atomic E-state index is 0.307. The van der Waals surface area contributed by atoms with Crippen LogP contribution in [0.3, 0.4) is 0 Å². The molecule has 1 aromatic heterocycles. The molecule has 4 nitrogen and oxygen atoms in total. The first-order valence-electron chi connectivity index (χ1n) is 7.07. The number of nitrogens with zero attached hydrogens (tertiary/aromatic N) is 2. The molecule has 2 unspecified atom stereocenters. The third-order valence-electron chi connectivity index (χ3n) is 3.99. The van der Waals surface area contributed by atoms with Crippen LogP contribution >= 0.6 is 0 Å². The van der Waals surface area contributed by atoms with E-state index in [0.29, 0.717) is 24.6 Å². The molecule has 0 radical (unpaired) electrons. The maximum Gasteiger partial charge on any atom is 0.0951 e. The zero-order chi connectivity index (χ0) is 13.0. The fourth-order valence-electron chi connectivity index (χ4n) is 2.86. The zero-order valence-electron chi connectivity index (χ0n) is 11.5. The van der Waals surface area contributed by atoms with E-state index in [1.54, 1.807) is 0 Å². The lowest BCUT2D eigenvalue weighted by Crippen LogP contribution is -2.40. The van der Waals surface area contributed by atoms with Crippen molar-refractivity contribution >= 4 is 0 Å². The molecule has 4 heteroatoms. The first kappa shape index (κ1) is 13.6. The van der Waals surface area contributed by atoms with Crippen LogP contribution in [0.25, 0.3) is 0 Å². The second kappa shape index (κ2) is 6.34. The number of rotatable bonds is 5. The molecule has 0 amide bonds. The van der Waals surface area contributed by atoms with E-state index >= 15 is 0 Å². The third-order valence-corrected chi connectivity index (χ3v) is 3.99. The third kappa shape index (κ3) is 3.12. The summed E-state index contributed by atoms with van der Waals surface area (Å²) in [6.07, 6.45) is 8.69. The summed E-state index contributed by atoms with van der Waals surface area (Å²) in [5.74, 6) is 0.425. The minimum Gasteiger partial charge on any atom is -0.396 e. The van der Waals surface area contributed by atoms with E-state index in [1.165, 1.54) is 25.0 Å². The van der Waals surface area contributed by atoms with Gasteiger partial charge in [-0.2, -0.15) is 0 Å². The van der Waals surface area contributed by atoms with Crippen molar-refractivity contribution in [1.29, 1.82) is 0 Å². The van der Waals surface area contributed by atoms with Gasteiger partial charge in [0.2, 0.25) is 0 Å². The minimum atomic E-state index is 0.307. The van der Waals surface area contributed by atoms with Crippen LogP contribution in [-0.4, -0.2) is 27.3 Å². The van der Waals surface area contributed by atoms with E-state index < -0.39 is 0 Å². The number of aliphatic hydroxyl groups excluding tert-OH is 1. The number of hydrogen-bond donors (Lipinski definition) is 2. The summed E-state index contributed by atoms with van der Waals surface area (Å²) >= 11 is 0. The summed E-state index contributed by atoms with van der Waals surface area (Å²) in [5.41, 5.74) is 1.23. The van der Waals surface area contributed by atoms with Crippen molar-refractivity contribution in [3.63, 3.8) is 0 Å². The molecule has 2 N–H and O–H groups in total. The van der Waals surface area contributed by atoms with E-state index in [0.717, 1.165) is 13.0 Å². The molecule has 2 atom stereocenters. The van der Waals surface area contributed by atoms with Crippen LogP contribution < -0.4 is 5.32 Å². The predicted octanol–water partition coefficient (Wildman–Crippen LogP) is 2.10. The number of aromatic nitrogens is 2. The zero-order valence-corrected chi connectivity index (χ0v) is 11.5. The molecule has 0 bridgehead atoms. The van der Waals surface area contributed by atoms with Gasteiger partial charge in [0.05, 0.1) is 12.0 Å². The Labute approximate surface area is 109 Å². The molecule has 0 saturated heterocycles. The topological polar surface area (TPSA) is 50.1 Å². The van der Waals surface area contributed by atoms with Gasteiger partial charge < -0.3 is 15.0 Å². The Kier molecular flexibility index (Phi) is 4.78. The maximum atomic E-state index is 9.40. The lowest BCUT2D eigenvalue weighted by Gasteiger charge is -2.31. The second-order valence-electron chi connectivity index (χ2n) is 5.60. The fourth-order valence-corrected chi connectivity index (χ4v) is 2.86. The summed E-state index contributed by atoms with van der Waals surface area (Å²) in [6, 6.07) is 0.906. The molecule has 2 rings (SSSR count). The Balaban J connectivity index is 1.91. The van der Waals surface area contributed by atoms with Gasteiger partial charge in [-0.3, -0.25) is 0 Å². The molecule has 1 aliphatic carbocycles. The predicted molar refractivity (Wildman–Crippen MR) is 72.3 cm³/mol. The summed E-state index contributed by atoms with van der Waals surface area (Å²) in [4.78, 5) is 4.22. The monoisotopic (exact) mass is 251 g/mol. The van der Waals surface area contributed by atoms with E-state index in [9.17, 15) is 5.11 Å². The standard InChI is InChI=1S/C14H25N3O/c1-11(2)17-10-15-7-13(17)8-16-14-6-4-3-5-12(14)9-18/h7,10-12,14,16,18H,3-6,8-9H2,1-2H3. The molecule has 0 aliphatic heterocycles. The Bertz CT molecular complexity index is 362. The van der Waals surface area contributed by atoms with Gasteiger partial charge in [0.25, 0.3) is 0 Å². The molecule has 102 valence electrons. The van der Waals surface area contributed by atoms with Crippen molar-refractivity contribution in [3.05, 3.63) is 18.2 Å². The number of hydrogen-bond acceptors (Lipinski definition) is 3. The smallest absolute Gasteiger partial charge is 0.0951 e. The number of imidazole rings is 1. The van der Waals surface area contributed by atoms with E-state index in [1.807, 2.05) is 12.5 Å². The van der Waals surface area contributed by atoms with Gasteiger partial charge in [0, 0.05) is 31.4 Å². The lowest BCUT2D eigenvalue weighted by molar-refractivity contribution is 0.152. The largest absolute Gasteiger partial charge is 0.396 e. The van der Waals surface area contributed by atoms with Crippen molar-refractivity contribution in [2.45, 2.75) is 58.2 Å². The fraction of sp³-hybridized carbons (Fsp3) is 0.786. The Morgan fingerprint density at radius 3 is 2.94 bits per heavy atom. The van der Waals surface area contributed by atoms with E-state index in [-0.39, 0.29) is 0 Å². The van der Waals surface area contributed by atoms with Gasteiger partial charge in [-0.15, -0.1) is 0 Å². The van der Waals surface area contributed by atoms with Crippen molar-refractivity contribution in [2.24, 2.45) is 5.92 Å². The Morgan fingerprint density at radius 2 is 2.22 bits per heavy atom. The molecule has 1 aromatic rings. The highest BCUT2D eigenvalue weighted by molar-refractivity contribution is 5.00. The van der Waals surface area contributed by atoms with Crippen LogP contribution in [0.5, 0.6) is 0 Å². The summed E-state index contributed by atoms with van der Waals surface area (Å²) < 4.78 is 2.20. The molecule has 0 aromatic carbocycles. The van der Waals surface area contributed by atoms with Crippen LogP contribution in [0.2, 0.25) is 0 Å². The van der Waals surface area contributed by atoms with Gasteiger partial charge >= 0.3 is 0 Å². The molecule has 1 aliphatic rings. The van der Waals surface area contributed by atoms with Gasteiger partial charge in [0.1, 0.15) is 0 Å². The average molecular weight is 251 g/mol. The second-order valence-corrected chi connectivity index (χ2v) is 5.60. The highest BCUT2D eigenvalue weighted by Gasteiger charge is 2.24.